The van der Waals surface area contributed by atoms with Crippen molar-refractivity contribution in [1.29, 1.82) is 0 Å². The van der Waals surface area contributed by atoms with E-state index in [0.717, 1.165) is 23.0 Å². The van der Waals surface area contributed by atoms with Gasteiger partial charge in [-0.1, -0.05) is 26.5 Å². The average molecular weight is 625 g/mol. The number of carbonyl (C=O) groups is 1. The third kappa shape index (κ3) is 5.29. The van der Waals surface area contributed by atoms with E-state index in [1.54, 1.807) is 36.6 Å². The predicted octanol–water partition coefficient (Wildman–Crippen LogP) is 3.58. The summed E-state index contributed by atoms with van der Waals surface area (Å²) in [6.07, 6.45) is 3.46. The molecule has 1 fully saturated rings. The molecule has 44 heavy (non-hydrogen) atoms. The molecule has 0 spiro atoms. The highest BCUT2D eigenvalue weighted by molar-refractivity contribution is 7.90. The predicted molar refractivity (Wildman–Crippen MR) is 161 cm³/mol. The maximum Gasteiger partial charge on any atom is 0.355 e. The van der Waals surface area contributed by atoms with E-state index in [-0.39, 0.29) is 60.0 Å². The molecular weight excluding hydrogens is 594 g/mol. The molecule has 11 nitrogen and oxygen atoms in total. The quantitative estimate of drug-likeness (QED) is 0.319. The third-order valence-corrected chi connectivity index (χ3v) is 8.54. The highest BCUT2D eigenvalue weighted by Gasteiger charge is 2.32. The van der Waals surface area contributed by atoms with E-state index in [2.05, 4.69) is 21.5 Å². The molecule has 3 aromatic heterocycles. The van der Waals surface area contributed by atoms with Gasteiger partial charge in [-0.2, -0.15) is 4.98 Å². The van der Waals surface area contributed by atoms with Gasteiger partial charge in [0.25, 0.3) is 0 Å². The van der Waals surface area contributed by atoms with Crippen LogP contribution in [0.2, 0.25) is 0 Å². The molecule has 1 N–H and O–H groups in total. The minimum absolute atomic E-state index is 0.0232. The Morgan fingerprint density at radius 1 is 1.16 bits per heavy atom. The first kappa shape index (κ1) is 30.7. The Kier molecular flexibility index (Phi) is 7.97. The second-order valence-electron chi connectivity index (χ2n) is 10.9. The summed E-state index contributed by atoms with van der Waals surface area (Å²) in [6.45, 7) is 9.66. The fourth-order valence-corrected chi connectivity index (χ4v) is 6.27. The van der Waals surface area contributed by atoms with Gasteiger partial charge in [-0.25, -0.2) is 36.5 Å². The van der Waals surface area contributed by atoms with Crippen LogP contribution in [0.5, 0.6) is 5.75 Å². The van der Waals surface area contributed by atoms with Gasteiger partial charge < -0.3 is 14.9 Å². The Labute approximate surface area is 252 Å². The zero-order valence-corrected chi connectivity index (χ0v) is 25.3. The number of rotatable bonds is 6. The molecule has 0 saturated carbocycles. The Hall–Kier alpha value is -4.72. The van der Waals surface area contributed by atoms with Crippen molar-refractivity contribution in [2.75, 3.05) is 30.8 Å². The van der Waals surface area contributed by atoms with E-state index < -0.39 is 49.2 Å². The number of aromatic hydroxyl groups is 1. The highest BCUT2D eigenvalue weighted by Crippen LogP contribution is 2.37. The van der Waals surface area contributed by atoms with Crippen molar-refractivity contribution in [3.8, 4) is 22.7 Å². The normalized spacial score (nSPS) is 15.7. The lowest BCUT2D eigenvalue weighted by Crippen LogP contribution is -2.54. The van der Waals surface area contributed by atoms with E-state index in [4.69, 9.17) is 0 Å². The van der Waals surface area contributed by atoms with Crippen LogP contribution in [0.15, 0.2) is 59.0 Å². The largest absolute Gasteiger partial charge is 0.507 e. The van der Waals surface area contributed by atoms with E-state index in [0.29, 0.717) is 5.56 Å². The van der Waals surface area contributed by atoms with Crippen LogP contribution in [0.1, 0.15) is 32.3 Å². The number of amides is 1. The number of halogens is 2. The second-order valence-corrected chi connectivity index (χ2v) is 12.8. The monoisotopic (exact) mass is 624 g/mol. The molecule has 230 valence electrons. The van der Waals surface area contributed by atoms with Crippen LogP contribution in [0, 0.1) is 11.6 Å². The smallest absolute Gasteiger partial charge is 0.355 e. The number of anilines is 1. The number of fused-ring (bicyclic) bond motifs is 1. The molecule has 0 radical (unpaired) electrons. The molecule has 1 saturated heterocycles. The van der Waals surface area contributed by atoms with Crippen LogP contribution in [-0.2, 0) is 14.6 Å². The summed E-state index contributed by atoms with van der Waals surface area (Å²) < 4.78 is 57.7. The topological polar surface area (TPSA) is 139 Å². The summed E-state index contributed by atoms with van der Waals surface area (Å²) in [5.74, 6) is -3.09. The summed E-state index contributed by atoms with van der Waals surface area (Å²) in [5.41, 5.74) is -1.99. The number of pyridine rings is 2. The summed E-state index contributed by atoms with van der Waals surface area (Å²) in [4.78, 5) is 42.3. The lowest BCUT2D eigenvalue weighted by molar-refractivity contribution is -0.126. The second kappa shape index (κ2) is 11.4. The van der Waals surface area contributed by atoms with Crippen molar-refractivity contribution >= 4 is 32.6 Å². The molecule has 0 aliphatic carbocycles. The molecule has 0 unspecified atom stereocenters. The number of nitrogens with zero attached hydrogens (tertiary/aromatic N) is 6. The fourth-order valence-electron chi connectivity index (χ4n) is 5.46. The van der Waals surface area contributed by atoms with Crippen LogP contribution in [0.25, 0.3) is 28.0 Å². The fraction of sp³-hybridized carbons (Fsp3) is 0.300. The first-order valence-corrected chi connectivity index (χ1v) is 15.6. The number of aromatic nitrogens is 4. The SMILES string of the molecule is C=CC(=O)N1CCN(c2nc(=O)n(-c3c(C(C)C)ccnc3S(C)(=O)=O)c3nc(-c4c(O)cccc4F)c(F)cc23)[C@@H](C)C1. The number of carbonyl (C=O) groups excluding carboxylic acids is 1. The summed E-state index contributed by atoms with van der Waals surface area (Å²) in [6, 6.07) is 5.64. The lowest BCUT2D eigenvalue weighted by Gasteiger charge is -2.40. The van der Waals surface area contributed by atoms with Gasteiger partial charge >= 0.3 is 5.69 Å². The van der Waals surface area contributed by atoms with E-state index in [1.165, 1.54) is 24.4 Å². The van der Waals surface area contributed by atoms with Crippen molar-refractivity contribution in [2.45, 2.75) is 37.8 Å². The van der Waals surface area contributed by atoms with Gasteiger partial charge in [0.1, 0.15) is 23.1 Å². The molecule has 0 bridgehead atoms. The molecule has 4 heterocycles. The summed E-state index contributed by atoms with van der Waals surface area (Å²) in [5, 5.41) is 10.1. The van der Waals surface area contributed by atoms with Crippen molar-refractivity contribution in [2.24, 2.45) is 0 Å². The number of hydrogen-bond acceptors (Lipinski definition) is 9. The maximum absolute atomic E-state index is 15.9. The van der Waals surface area contributed by atoms with Crippen LogP contribution >= 0.6 is 0 Å². The number of sulfone groups is 1. The van der Waals surface area contributed by atoms with Gasteiger partial charge in [0.15, 0.2) is 26.3 Å². The van der Waals surface area contributed by atoms with Crippen molar-refractivity contribution < 1.29 is 27.1 Å². The zero-order valence-electron chi connectivity index (χ0n) is 24.5. The van der Waals surface area contributed by atoms with E-state index in [9.17, 15) is 27.5 Å². The number of hydrogen-bond donors (Lipinski definition) is 1. The third-order valence-electron chi connectivity index (χ3n) is 7.53. The zero-order chi connectivity index (χ0) is 32.1. The minimum Gasteiger partial charge on any atom is -0.507 e. The van der Waals surface area contributed by atoms with Gasteiger partial charge in [0.05, 0.1) is 16.6 Å². The van der Waals surface area contributed by atoms with Crippen LogP contribution in [0.3, 0.4) is 0 Å². The molecule has 1 amide bonds. The number of piperazine rings is 1. The van der Waals surface area contributed by atoms with Crippen molar-refractivity contribution in [3.63, 3.8) is 0 Å². The first-order chi connectivity index (χ1) is 20.7. The van der Waals surface area contributed by atoms with Gasteiger partial charge in [-0.05, 0) is 48.7 Å². The van der Waals surface area contributed by atoms with Gasteiger partial charge in [0.2, 0.25) is 5.91 Å². The maximum atomic E-state index is 15.9. The average Bonchev–Trinajstić information content (AvgIpc) is 2.96. The standard InChI is InChI=1S/C30H30F2N6O5S/c1-6-23(40)36-12-13-37(17(4)15-36)27-19-14-21(32)25(24-20(31)8-7-9-22(24)39)34-28(19)38(30(41)35-27)26-18(16(2)3)10-11-33-29(26)44(5,42)43/h6-11,14,16-17,39H,1,12-13,15H2,2-5H3/t17-/m0/s1. The number of phenols is 1. The molecular formula is C30H30F2N6O5S. The Balaban J connectivity index is 1.90. The summed E-state index contributed by atoms with van der Waals surface area (Å²) in [7, 11) is -4.02. The molecule has 1 aliphatic heterocycles. The summed E-state index contributed by atoms with van der Waals surface area (Å²) >= 11 is 0. The van der Waals surface area contributed by atoms with Gasteiger partial charge in [-0.15, -0.1) is 0 Å². The van der Waals surface area contributed by atoms with Gasteiger partial charge in [0, 0.05) is 38.1 Å². The van der Waals surface area contributed by atoms with Crippen LogP contribution in [0.4, 0.5) is 14.6 Å². The Morgan fingerprint density at radius 2 is 1.89 bits per heavy atom. The number of phenolic OH excluding ortho intramolecular Hbond substituents is 1. The lowest BCUT2D eigenvalue weighted by atomic mass is 10.0. The van der Waals surface area contributed by atoms with E-state index >= 15 is 4.39 Å². The Morgan fingerprint density at radius 3 is 2.50 bits per heavy atom. The molecule has 5 rings (SSSR count). The highest BCUT2D eigenvalue weighted by atomic mass is 32.2. The molecule has 14 heteroatoms. The molecule has 4 aromatic rings. The minimum atomic E-state index is -4.02. The molecule has 1 aliphatic rings. The van der Waals surface area contributed by atoms with Crippen molar-refractivity contribution in [3.05, 3.63) is 76.9 Å². The van der Waals surface area contributed by atoms with Crippen LogP contribution in [-0.4, -0.2) is 75.8 Å². The Bertz CT molecular complexity index is 1980. The van der Waals surface area contributed by atoms with Crippen LogP contribution < -0.4 is 10.6 Å². The molecule has 1 aromatic carbocycles. The molecule has 1 atom stereocenters. The first-order valence-electron chi connectivity index (χ1n) is 13.7. The van der Waals surface area contributed by atoms with E-state index in [1.807, 2.05) is 0 Å². The van der Waals surface area contributed by atoms with Crippen molar-refractivity contribution in [1.82, 2.24) is 24.4 Å². The van der Waals surface area contributed by atoms with Gasteiger partial charge in [-0.3, -0.25) is 4.79 Å². The number of benzene rings is 1.